The first-order valence-electron chi connectivity index (χ1n) is 4.25. The van der Waals surface area contributed by atoms with Gasteiger partial charge in [-0.05, 0) is 19.3 Å². The molecular formula is C9H13NO3. The molecule has 1 fully saturated rings. The van der Waals surface area contributed by atoms with Gasteiger partial charge in [-0.3, -0.25) is 9.63 Å². The first-order valence-corrected chi connectivity index (χ1v) is 4.25. The molecule has 1 aliphatic rings. The van der Waals surface area contributed by atoms with Crippen LogP contribution in [0, 0.1) is 17.8 Å². The largest absolute Gasteiger partial charge is 0.381 e. The SMILES string of the molecule is CC#CC(=O)NOCC1CCOC1. The molecule has 72 valence electrons. The summed E-state index contributed by atoms with van der Waals surface area (Å²) in [6.07, 6.45) is 0.995. The van der Waals surface area contributed by atoms with Crippen LogP contribution < -0.4 is 5.48 Å². The summed E-state index contributed by atoms with van der Waals surface area (Å²) in [5, 5.41) is 0. The van der Waals surface area contributed by atoms with Crippen molar-refractivity contribution in [1.29, 1.82) is 0 Å². The van der Waals surface area contributed by atoms with Crippen molar-refractivity contribution in [3.8, 4) is 11.8 Å². The highest BCUT2D eigenvalue weighted by Gasteiger charge is 2.15. The van der Waals surface area contributed by atoms with Gasteiger partial charge >= 0.3 is 5.91 Å². The Labute approximate surface area is 77.5 Å². The number of carbonyl (C=O) groups is 1. The molecular weight excluding hydrogens is 170 g/mol. The summed E-state index contributed by atoms with van der Waals surface area (Å²) in [5.41, 5.74) is 2.24. The monoisotopic (exact) mass is 183 g/mol. The number of carbonyl (C=O) groups excluding carboxylic acids is 1. The van der Waals surface area contributed by atoms with Crippen LogP contribution in [-0.4, -0.2) is 25.7 Å². The number of amides is 1. The molecule has 1 amide bonds. The molecule has 0 aromatic rings. The van der Waals surface area contributed by atoms with Crippen molar-refractivity contribution in [1.82, 2.24) is 5.48 Å². The fourth-order valence-electron chi connectivity index (χ4n) is 1.08. The zero-order valence-electron chi connectivity index (χ0n) is 7.63. The van der Waals surface area contributed by atoms with Crippen LogP contribution in [0.4, 0.5) is 0 Å². The minimum absolute atomic E-state index is 0.398. The second kappa shape index (κ2) is 5.57. The van der Waals surface area contributed by atoms with Crippen molar-refractivity contribution in [2.75, 3.05) is 19.8 Å². The van der Waals surface area contributed by atoms with Gasteiger partial charge in [-0.15, -0.1) is 0 Å². The van der Waals surface area contributed by atoms with Crippen molar-refractivity contribution in [3.63, 3.8) is 0 Å². The Morgan fingerprint density at radius 2 is 2.62 bits per heavy atom. The van der Waals surface area contributed by atoms with Crippen molar-refractivity contribution in [3.05, 3.63) is 0 Å². The number of hydroxylamine groups is 1. The van der Waals surface area contributed by atoms with E-state index < -0.39 is 5.91 Å². The first-order chi connectivity index (χ1) is 6.33. The van der Waals surface area contributed by atoms with Crippen LogP contribution in [0.1, 0.15) is 13.3 Å². The van der Waals surface area contributed by atoms with E-state index in [0.29, 0.717) is 12.5 Å². The topological polar surface area (TPSA) is 47.6 Å². The van der Waals surface area contributed by atoms with E-state index in [2.05, 4.69) is 17.3 Å². The molecule has 4 heteroatoms. The average molecular weight is 183 g/mol. The molecule has 1 atom stereocenters. The van der Waals surface area contributed by atoms with Gasteiger partial charge in [0.05, 0.1) is 13.2 Å². The summed E-state index contributed by atoms with van der Waals surface area (Å²) >= 11 is 0. The molecule has 1 unspecified atom stereocenters. The number of ether oxygens (including phenoxy) is 1. The smallest absolute Gasteiger partial charge is 0.319 e. The highest BCUT2D eigenvalue weighted by molar-refractivity contribution is 5.92. The maximum atomic E-state index is 10.8. The second-order valence-electron chi connectivity index (χ2n) is 2.85. The molecule has 1 heterocycles. The maximum absolute atomic E-state index is 10.8. The summed E-state index contributed by atoms with van der Waals surface area (Å²) in [6.45, 7) is 3.60. The van der Waals surface area contributed by atoms with Gasteiger partial charge in [0, 0.05) is 12.5 Å². The predicted octanol–water partition coefficient (Wildman–Crippen LogP) is 0.0940. The third-order valence-corrected chi connectivity index (χ3v) is 1.75. The van der Waals surface area contributed by atoms with Crippen molar-refractivity contribution < 1.29 is 14.4 Å². The normalized spacial score (nSPS) is 20.5. The van der Waals surface area contributed by atoms with Gasteiger partial charge in [-0.2, -0.15) is 0 Å². The molecule has 0 radical (unpaired) electrons. The molecule has 13 heavy (non-hydrogen) atoms. The molecule has 0 bridgehead atoms. The summed E-state index contributed by atoms with van der Waals surface area (Å²) in [5.74, 6) is 4.79. The summed E-state index contributed by atoms with van der Waals surface area (Å²) in [7, 11) is 0. The molecule has 1 saturated heterocycles. The molecule has 0 saturated carbocycles. The predicted molar refractivity (Wildman–Crippen MR) is 46.5 cm³/mol. The molecule has 1 aliphatic heterocycles. The Balaban J connectivity index is 2.05. The lowest BCUT2D eigenvalue weighted by Crippen LogP contribution is -2.25. The lowest BCUT2D eigenvalue weighted by atomic mass is 10.1. The summed E-state index contributed by atoms with van der Waals surface area (Å²) in [4.78, 5) is 15.7. The van der Waals surface area contributed by atoms with E-state index >= 15 is 0 Å². The van der Waals surface area contributed by atoms with Gasteiger partial charge in [0.25, 0.3) is 0 Å². The van der Waals surface area contributed by atoms with Gasteiger partial charge < -0.3 is 4.74 Å². The maximum Gasteiger partial charge on any atom is 0.319 e. The van der Waals surface area contributed by atoms with Crippen LogP contribution in [0.2, 0.25) is 0 Å². The van der Waals surface area contributed by atoms with Crippen molar-refractivity contribution in [2.45, 2.75) is 13.3 Å². The second-order valence-corrected chi connectivity index (χ2v) is 2.85. The zero-order valence-corrected chi connectivity index (χ0v) is 7.63. The fraction of sp³-hybridized carbons (Fsp3) is 0.667. The first kappa shape index (κ1) is 10.0. The van der Waals surface area contributed by atoms with E-state index in [4.69, 9.17) is 9.57 Å². The molecule has 1 rings (SSSR count). The van der Waals surface area contributed by atoms with Crippen LogP contribution in [0.5, 0.6) is 0 Å². The molecule has 1 N–H and O–H groups in total. The third-order valence-electron chi connectivity index (χ3n) is 1.75. The number of hydrogen-bond acceptors (Lipinski definition) is 3. The molecule has 4 nitrogen and oxygen atoms in total. The van der Waals surface area contributed by atoms with E-state index in [1.807, 2.05) is 0 Å². The van der Waals surface area contributed by atoms with Crippen LogP contribution >= 0.6 is 0 Å². The quantitative estimate of drug-likeness (QED) is 0.498. The van der Waals surface area contributed by atoms with Crippen LogP contribution in [-0.2, 0) is 14.4 Å². The molecule has 0 aromatic carbocycles. The molecule has 0 aliphatic carbocycles. The Morgan fingerprint density at radius 3 is 3.23 bits per heavy atom. The minimum Gasteiger partial charge on any atom is -0.381 e. The van der Waals surface area contributed by atoms with Gasteiger partial charge in [-0.1, -0.05) is 5.92 Å². The summed E-state index contributed by atoms with van der Waals surface area (Å²) in [6, 6.07) is 0. The number of hydrogen-bond donors (Lipinski definition) is 1. The van der Waals surface area contributed by atoms with Crippen molar-refractivity contribution >= 4 is 5.91 Å². The van der Waals surface area contributed by atoms with E-state index in [0.717, 1.165) is 19.6 Å². The van der Waals surface area contributed by atoms with E-state index in [1.54, 1.807) is 6.92 Å². The van der Waals surface area contributed by atoms with E-state index in [1.165, 1.54) is 0 Å². The lowest BCUT2D eigenvalue weighted by Gasteiger charge is -2.06. The molecule has 0 spiro atoms. The Kier molecular flexibility index (Phi) is 4.30. The Bertz CT molecular complexity index is 223. The Morgan fingerprint density at radius 1 is 1.77 bits per heavy atom. The van der Waals surface area contributed by atoms with Crippen LogP contribution in [0.25, 0.3) is 0 Å². The highest BCUT2D eigenvalue weighted by atomic mass is 16.7. The number of nitrogens with one attached hydrogen (secondary N) is 1. The Hall–Kier alpha value is -1.05. The average Bonchev–Trinajstić information content (AvgIpc) is 2.57. The van der Waals surface area contributed by atoms with Crippen molar-refractivity contribution in [2.24, 2.45) is 5.92 Å². The zero-order chi connectivity index (χ0) is 9.52. The van der Waals surface area contributed by atoms with Crippen LogP contribution in [0.3, 0.4) is 0 Å². The number of rotatable bonds is 3. The van der Waals surface area contributed by atoms with Gasteiger partial charge in [-0.25, -0.2) is 5.48 Å². The van der Waals surface area contributed by atoms with Gasteiger partial charge in [0.2, 0.25) is 0 Å². The summed E-state index contributed by atoms with van der Waals surface area (Å²) < 4.78 is 5.14. The lowest BCUT2D eigenvalue weighted by molar-refractivity contribution is -0.128. The third kappa shape index (κ3) is 3.92. The fourth-order valence-corrected chi connectivity index (χ4v) is 1.08. The van der Waals surface area contributed by atoms with Gasteiger partial charge in [0.1, 0.15) is 0 Å². The van der Waals surface area contributed by atoms with Crippen LogP contribution in [0.15, 0.2) is 0 Å². The standard InChI is InChI=1S/C9H13NO3/c1-2-3-9(11)10-13-7-8-4-5-12-6-8/h8H,4-7H2,1H3,(H,10,11). The van der Waals surface area contributed by atoms with Gasteiger partial charge in [0.15, 0.2) is 0 Å². The minimum atomic E-state index is -0.401. The highest BCUT2D eigenvalue weighted by Crippen LogP contribution is 2.11. The molecule has 0 aromatic heterocycles. The van der Waals surface area contributed by atoms with E-state index in [9.17, 15) is 4.79 Å². The van der Waals surface area contributed by atoms with E-state index in [-0.39, 0.29) is 0 Å².